The third-order valence-corrected chi connectivity index (χ3v) is 4.13. The van der Waals surface area contributed by atoms with Gasteiger partial charge in [-0.05, 0) is 25.0 Å². The Balaban J connectivity index is 1.72. The molecule has 1 atom stereocenters. The van der Waals surface area contributed by atoms with Gasteiger partial charge in [0.2, 0.25) is 0 Å². The maximum Gasteiger partial charge on any atom is 0.0223 e. The molecule has 1 unspecified atom stereocenters. The summed E-state index contributed by atoms with van der Waals surface area (Å²) in [6.07, 6.45) is 4.22. The van der Waals surface area contributed by atoms with Crippen molar-refractivity contribution in [3.8, 4) is 0 Å². The SMILES string of the molecule is C=C(CNC(C)C)CN1CCN2CCCCC2C1. The second-order valence-corrected chi connectivity index (χ2v) is 6.21. The Morgan fingerprint density at radius 2 is 2.11 bits per heavy atom. The molecule has 2 aliphatic heterocycles. The Hall–Kier alpha value is -0.380. The van der Waals surface area contributed by atoms with E-state index in [1.807, 2.05) is 0 Å². The molecule has 2 fully saturated rings. The van der Waals surface area contributed by atoms with Gasteiger partial charge in [0.1, 0.15) is 0 Å². The number of piperidine rings is 1. The quantitative estimate of drug-likeness (QED) is 0.751. The van der Waals surface area contributed by atoms with Crippen molar-refractivity contribution in [2.75, 3.05) is 39.3 Å². The van der Waals surface area contributed by atoms with Gasteiger partial charge in [-0.25, -0.2) is 0 Å². The summed E-state index contributed by atoms with van der Waals surface area (Å²) in [6, 6.07) is 1.37. The van der Waals surface area contributed by atoms with Gasteiger partial charge in [-0.1, -0.05) is 26.8 Å². The highest BCUT2D eigenvalue weighted by Crippen LogP contribution is 2.21. The molecule has 2 heterocycles. The zero-order chi connectivity index (χ0) is 13.0. The van der Waals surface area contributed by atoms with E-state index in [-0.39, 0.29) is 0 Å². The smallest absolute Gasteiger partial charge is 0.0223 e. The number of hydrogen-bond acceptors (Lipinski definition) is 3. The highest BCUT2D eigenvalue weighted by Gasteiger charge is 2.28. The van der Waals surface area contributed by atoms with Crippen molar-refractivity contribution in [3.63, 3.8) is 0 Å². The minimum atomic E-state index is 0.553. The molecule has 0 amide bonds. The molecular formula is C15H29N3. The monoisotopic (exact) mass is 251 g/mol. The van der Waals surface area contributed by atoms with Crippen molar-refractivity contribution < 1.29 is 0 Å². The Morgan fingerprint density at radius 3 is 2.89 bits per heavy atom. The molecule has 0 aromatic carbocycles. The number of fused-ring (bicyclic) bond motifs is 1. The zero-order valence-corrected chi connectivity index (χ0v) is 12.1. The van der Waals surface area contributed by atoms with E-state index >= 15 is 0 Å². The average Bonchev–Trinajstić information content (AvgIpc) is 2.36. The van der Waals surface area contributed by atoms with E-state index in [0.29, 0.717) is 6.04 Å². The van der Waals surface area contributed by atoms with Crippen molar-refractivity contribution in [3.05, 3.63) is 12.2 Å². The summed E-state index contributed by atoms with van der Waals surface area (Å²) >= 11 is 0. The molecular weight excluding hydrogens is 222 g/mol. The van der Waals surface area contributed by atoms with E-state index in [0.717, 1.165) is 19.1 Å². The van der Waals surface area contributed by atoms with Crippen LogP contribution in [0.25, 0.3) is 0 Å². The molecule has 0 spiro atoms. The highest BCUT2D eigenvalue weighted by molar-refractivity contribution is 5.01. The summed E-state index contributed by atoms with van der Waals surface area (Å²) in [5, 5.41) is 3.45. The molecule has 0 aromatic rings. The van der Waals surface area contributed by atoms with Gasteiger partial charge in [-0.3, -0.25) is 9.80 Å². The molecule has 0 aliphatic carbocycles. The number of piperazine rings is 1. The van der Waals surface area contributed by atoms with Crippen LogP contribution in [0.15, 0.2) is 12.2 Å². The van der Waals surface area contributed by atoms with Crippen LogP contribution in [0.3, 0.4) is 0 Å². The largest absolute Gasteiger partial charge is 0.311 e. The number of nitrogens with zero attached hydrogens (tertiary/aromatic N) is 2. The van der Waals surface area contributed by atoms with E-state index in [1.54, 1.807) is 0 Å². The van der Waals surface area contributed by atoms with Gasteiger partial charge in [-0.15, -0.1) is 0 Å². The van der Waals surface area contributed by atoms with Crippen LogP contribution in [-0.2, 0) is 0 Å². The van der Waals surface area contributed by atoms with Gasteiger partial charge in [0.15, 0.2) is 0 Å². The van der Waals surface area contributed by atoms with Crippen molar-refractivity contribution in [2.24, 2.45) is 0 Å². The van der Waals surface area contributed by atoms with Crippen LogP contribution in [-0.4, -0.2) is 61.2 Å². The van der Waals surface area contributed by atoms with Crippen molar-refractivity contribution >= 4 is 0 Å². The minimum absolute atomic E-state index is 0.553. The van der Waals surface area contributed by atoms with Crippen LogP contribution in [0, 0.1) is 0 Å². The molecule has 3 nitrogen and oxygen atoms in total. The Morgan fingerprint density at radius 1 is 1.28 bits per heavy atom. The van der Waals surface area contributed by atoms with Crippen LogP contribution in [0.4, 0.5) is 0 Å². The lowest BCUT2D eigenvalue weighted by molar-refractivity contribution is 0.0538. The molecule has 2 rings (SSSR count). The first-order chi connectivity index (χ1) is 8.65. The summed E-state index contributed by atoms with van der Waals surface area (Å²) in [7, 11) is 0. The third kappa shape index (κ3) is 4.08. The minimum Gasteiger partial charge on any atom is -0.311 e. The average molecular weight is 251 g/mol. The summed E-state index contributed by atoms with van der Waals surface area (Å²) in [5.74, 6) is 0. The summed E-state index contributed by atoms with van der Waals surface area (Å²) in [5.41, 5.74) is 1.33. The van der Waals surface area contributed by atoms with Gasteiger partial charge in [-0.2, -0.15) is 0 Å². The predicted molar refractivity (Wildman–Crippen MR) is 77.9 cm³/mol. The van der Waals surface area contributed by atoms with Crippen LogP contribution < -0.4 is 5.32 Å². The number of hydrogen-bond donors (Lipinski definition) is 1. The normalized spacial score (nSPS) is 26.3. The molecule has 2 aliphatic rings. The van der Waals surface area contributed by atoms with E-state index in [9.17, 15) is 0 Å². The summed E-state index contributed by atoms with van der Waals surface area (Å²) in [6.45, 7) is 15.7. The molecule has 2 saturated heterocycles. The second kappa shape index (κ2) is 6.69. The fourth-order valence-electron chi connectivity index (χ4n) is 3.08. The first-order valence-electron chi connectivity index (χ1n) is 7.51. The number of nitrogens with one attached hydrogen (secondary N) is 1. The van der Waals surface area contributed by atoms with Crippen molar-refractivity contribution in [1.29, 1.82) is 0 Å². The zero-order valence-electron chi connectivity index (χ0n) is 12.1. The van der Waals surface area contributed by atoms with E-state index in [1.165, 1.54) is 51.0 Å². The lowest BCUT2D eigenvalue weighted by Crippen LogP contribution is -2.55. The topological polar surface area (TPSA) is 18.5 Å². The second-order valence-electron chi connectivity index (χ2n) is 6.21. The predicted octanol–water partition coefficient (Wildman–Crippen LogP) is 1.71. The Bertz CT molecular complexity index is 275. The standard InChI is InChI=1S/C15H29N3/c1-13(2)16-10-14(3)11-17-8-9-18-7-5-4-6-15(18)12-17/h13,15-16H,3-12H2,1-2H3. The van der Waals surface area contributed by atoms with Crippen LogP contribution >= 0.6 is 0 Å². The molecule has 104 valence electrons. The maximum absolute atomic E-state index is 4.21. The van der Waals surface area contributed by atoms with Gasteiger partial charge in [0, 0.05) is 44.8 Å². The van der Waals surface area contributed by atoms with E-state index in [4.69, 9.17) is 0 Å². The fourth-order valence-corrected chi connectivity index (χ4v) is 3.08. The van der Waals surface area contributed by atoms with Crippen LogP contribution in [0.2, 0.25) is 0 Å². The molecule has 0 radical (unpaired) electrons. The Labute approximate surface area is 112 Å². The first-order valence-corrected chi connectivity index (χ1v) is 7.51. The van der Waals surface area contributed by atoms with Crippen molar-refractivity contribution in [1.82, 2.24) is 15.1 Å². The Kier molecular flexibility index (Phi) is 5.22. The van der Waals surface area contributed by atoms with Crippen LogP contribution in [0.1, 0.15) is 33.1 Å². The first kappa shape index (κ1) is 14.0. The van der Waals surface area contributed by atoms with E-state index in [2.05, 4.69) is 35.5 Å². The number of rotatable bonds is 5. The molecule has 0 bridgehead atoms. The molecule has 0 aromatic heterocycles. The fraction of sp³-hybridized carbons (Fsp3) is 0.867. The summed E-state index contributed by atoms with van der Waals surface area (Å²) in [4.78, 5) is 5.28. The molecule has 3 heteroatoms. The molecule has 1 N–H and O–H groups in total. The third-order valence-electron chi connectivity index (χ3n) is 4.13. The van der Waals surface area contributed by atoms with Gasteiger partial charge in [0.05, 0.1) is 0 Å². The van der Waals surface area contributed by atoms with Crippen LogP contribution in [0.5, 0.6) is 0 Å². The van der Waals surface area contributed by atoms with Crippen molar-refractivity contribution in [2.45, 2.75) is 45.2 Å². The molecule has 0 saturated carbocycles. The van der Waals surface area contributed by atoms with Gasteiger partial charge >= 0.3 is 0 Å². The lowest BCUT2D eigenvalue weighted by Gasteiger charge is -2.44. The summed E-state index contributed by atoms with van der Waals surface area (Å²) < 4.78 is 0. The highest BCUT2D eigenvalue weighted by atomic mass is 15.3. The lowest BCUT2D eigenvalue weighted by atomic mass is 9.99. The van der Waals surface area contributed by atoms with E-state index < -0.39 is 0 Å². The van der Waals surface area contributed by atoms with Gasteiger partial charge in [0.25, 0.3) is 0 Å². The van der Waals surface area contributed by atoms with Gasteiger partial charge < -0.3 is 5.32 Å². The maximum atomic E-state index is 4.21. The molecule has 18 heavy (non-hydrogen) atoms.